The molecule has 0 N–H and O–H groups in total. The van der Waals surface area contributed by atoms with Gasteiger partial charge in [-0.05, 0) is 59.0 Å². The molecule has 0 aliphatic heterocycles. The first-order valence-corrected chi connectivity index (χ1v) is 7.40. The molecule has 1 atom stereocenters. The minimum absolute atomic E-state index is 0.227. The lowest BCUT2D eigenvalue weighted by Crippen LogP contribution is -2.00. The van der Waals surface area contributed by atoms with E-state index in [-0.39, 0.29) is 11.2 Å². The number of fused-ring (bicyclic) bond motifs is 1. The van der Waals surface area contributed by atoms with Crippen molar-refractivity contribution in [3.63, 3.8) is 0 Å². The summed E-state index contributed by atoms with van der Waals surface area (Å²) in [5.41, 5.74) is 4.08. The zero-order valence-electron chi connectivity index (χ0n) is 12.0. The Morgan fingerprint density at radius 1 is 0.905 bits per heavy atom. The zero-order chi connectivity index (χ0) is 15.0. The summed E-state index contributed by atoms with van der Waals surface area (Å²) in [5.74, 6) is -0.227. The Kier molecular flexibility index (Phi) is 3.69. The molecule has 0 aromatic heterocycles. The molecule has 0 saturated heterocycles. The number of halogens is 2. The summed E-state index contributed by atoms with van der Waals surface area (Å²) < 4.78 is 13.3. The van der Waals surface area contributed by atoms with E-state index < -0.39 is 0 Å². The number of benzene rings is 3. The van der Waals surface area contributed by atoms with Crippen molar-refractivity contribution in [3.8, 4) is 0 Å². The van der Waals surface area contributed by atoms with Gasteiger partial charge >= 0.3 is 0 Å². The van der Waals surface area contributed by atoms with Gasteiger partial charge in [-0.3, -0.25) is 0 Å². The molecule has 0 aliphatic carbocycles. The van der Waals surface area contributed by atoms with Crippen LogP contribution in [0, 0.1) is 19.7 Å². The lowest BCUT2D eigenvalue weighted by molar-refractivity contribution is 0.625. The number of hydrogen-bond donors (Lipinski definition) is 0. The van der Waals surface area contributed by atoms with Crippen molar-refractivity contribution in [2.45, 2.75) is 19.2 Å². The summed E-state index contributed by atoms with van der Waals surface area (Å²) in [6.45, 7) is 3.96. The average molecular weight is 299 g/mol. The lowest BCUT2D eigenvalue weighted by atomic mass is 9.92. The van der Waals surface area contributed by atoms with Crippen LogP contribution in [0.5, 0.6) is 0 Å². The van der Waals surface area contributed by atoms with Gasteiger partial charge in [-0.25, -0.2) is 4.39 Å². The molecule has 0 nitrogen and oxygen atoms in total. The van der Waals surface area contributed by atoms with Crippen molar-refractivity contribution in [2.75, 3.05) is 0 Å². The lowest BCUT2D eigenvalue weighted by Gasteiger charge is -2.18. The van der Waals surface area contributed by atoms with Gasteiger partial charge in [0.05, 0.1) is 5.38 Å². The van der Waals surface area contributed by atoms with Crippen LogP contribution in [0.25, 0.3) is 10.8 Å². The maximum absolute atomic E-state index is 13.3. The van der Waals surface area contributed by atoms with Gasteiger partial charge in [-0.1, -0.05) is 42.5 Å². The molecule has 2 heteroatoms. The normalized spacial score (nSPS) is 12.6. The molecule has 3 aromatic rings. The van der Waals surface area contributed by atoms with Crippen LogP contribution in [0.1, 0.15) is 27.6 Å². The van der Waals surface area contributed by atoms with Crippen LogP contribution in [0.2, 0.25) is 0 Å². The molecule has 0 bridgehead atoms. The standard InChI is InChI=1S/C19H16ClF/c1-12-7-8-14-5-3-4-6-17(14)18(12)19(20)16-10-9-15(21)11-13(16)2/h3-11,19H,1-2H3. The second-order valence-electron chi connectivity index (χ2n) is 5.38. The summed E-state index contributed by atoms with van der Waals surface area (Å²) in [6.07, 6.45) is 0. The van der Waals surface area contributed by atoms with Crippen molar-refractivity contribution in [2.24, 2.45) is 0 Å². The van der Waals surface area contributed by atoms with E-state index in [0.717, 1.165) is 27.6 Å². The molecule has 3 rings (SSSR count). The Bertz CT molecular complexity index is 808. The van der Waals surface area contributed by atoms with E-state index in [9.17, 15) is 4.39 Å². The second kappa shape index (κ2) is 5.50. The Hall–Kier alpha value is -1.86. The Morgan fingerprint density at radius 2 is 1.67 bits per heavy atom. The van der Waals surface area contributed by atoms with Crippen LogP contribution >= 0.6 is 11.6 Å². The molecule has 0 fully saturated rings. The molecule has 1 unspecified atom stereocenters. The average Bonchev–Trinajstić information content (AvgIpc) is 2.46. The summed E-state index contributed by atoms with van der Waals surface area (Å²) in [6, 6.07) is 17.2. The molecule has 0 spiro atoms. The van der Waals surface area contributed by atoms with E-state index in [2.05, 4.69) is 31.2 Å². The van der Waals surface area contributed by atoms with Crippen LogP contribution in [0.3, 0.4) is 0 Å². The molecule has 0 saturated carbocycles. The van der Waals surface area contributed by atoms with Crippen LogP contribution in [-0.2, 0) is 0 Å². The van der Waals surface area contributed by atoms with Crippen LogP contribution in [-0.4, -0.2) is 0 Å². The number of alkyl halides is 1. The van der Waals surface area contributed by atoms with Gasteiger partial charge in [0.2, 0.25) is 0 Å². The van der Waals surface area contributed by atoms with E-state index in [0.29, 0.717) is 0 Å². The molecule has 21 heavy (non-hydrogen) atoms. The largest absolute Gasteiger partial charge is 0.207 e. The molecular weight excluding hydrogens is 283 g/mol. The van der Waals surface area contributed by atoms with Crippen LogP contribution in [0.15, 0.2) is 54.6 Å². The predicted molar refractivity (Wildman–Crippen MR) is 87.5 cm³/mol. The van der Waals surface area contributed by atoms with Crippen molar-refractivity contribution < 1.29 is 4.39 Å². The molecule has 0 heterocycles. The number of rotatable bonds is 2. The molecule has 106 valence electrons. The molecular formula is C19H16ClF. The van der Waals surface area contributed by atoms with E-state index >= 15 is 0 Å². The third-order valence-electron chi connectivity index (χ3n) is 3.95. The predicted octanol–water partition coefficient (Wildman–Crippen LogP) is 5.92. The Morgan fingerprint density at radius 3 is 2.43 bits per heavy atom. The van der Waals surface area contributed by atoms with Crippen molar-refractivity contribution in [1.29, 1.82) is 0 Å². The highest BCUT2D eigenvalue weighted by molar-refractivity contribution is 6.24. The van der Waals surface area contributed by atoms with E-state index in [1.54, 1.807) is 6.07 Å². The SMILES string of the molecule is Cc1cc(F)ccc1C(Cl)c1c(C)ccc2ccccc12. The second-order valence-corrected chi connectivity index (χ2v) is 5.82. The molecule has 0 aliphatic rings. The smallest absolute Gasteiger partial charge is 0.123 e. The first-order valence-electron chi connectivity index (χ1n) is 6.96. The molecule has 0 amide bonds. The fraction of sp³-hybridized carbons (Fsp3) is 0.158. The third kappa shape index (κ3) is 2.54. The van der Waals surface area contributed by atoms with Gasteiger partial charge in [-0.15, -0.1) is 11.6 Å². The first kappa shape index (κ1) is 14.1. The highest BCUT2D eigenvalue weighted by Gasteiger charge is 2.18. The minimum Gasteiger partial charge on any atom is -0.207 e. The summed E-state index contributed by atoms with van der Waals surface area (Å²) in [5, 5.41) is 2.04. The van der Waals surface area contributed by atoms with Gasteiger partial charge in [0.25, 0.3) is 0 Å². The van der Waals surface area contributed by atoms with E-state index in [4.69, 9.17) is 11.6 Å². The summed E-state index contributed by atoms with van der Waals surface area (Å²) >= 11 is 6.75. The van der Waals surface area contributed by atoms with E-state index in [1.165, 1.54) is 17.5 Å². The fourth-order valence-electron chi connectivity index (χ4n) is 2.82. The zero-order valence-corrected chi connectivity index (χ0v) is 12.8. The fourth-order valence-corrected chi connectivity index (χ4v) is 3.35. The van der Waals surface area contributed by atoms with Gasteiger partial charge in [0.1, 0.15) is 5.82 Å². The van der Waals surface area contributed by atoms with Gasteiger partial charge in [0.15, 0.2) is 0 Å². The first-order chi connectivity index (χ1) is 10.1. The molecule has 3 aromatic carbocycles. The quantitative estimate of drug-likeness (QED) is 0.515. The maximum atomic E-state index is 13.3. The summed E-state index contributed by atoms with van der Waals surface area (Å²) in [4.78, 5) is 0. The van der Waals surface area contributed by atoms with E-state index in [1.807, 2.05) is 19.1 Å². The number of hydrogen-bond acceptors (Lipinski definition) is 0. The summed E-state index contributed by atoms with van der Waals surface area (Å²) in [7, 11) is 0. The Balaban J connectivity index is 2.21. The molecule has 0 radical (unpaired) electrons. The highest BCUT2D eigenvalue weighted by Crippen LogP contribution is 2.37. The van der Waals surface area contributed by atoms with Crippen molar-refractivity contribution in [1.82, 2.24) is 0 Å². The number of aryl methyl sites for hydroxylation is 2. The topological polar surface area (TPSA) is 0 Å². The van der Waals surface area contributed by atoms with Gasteiger partial charge in [0, 0.05) is 0 Å². The van der Waals surface area contributed by atoms with Crippen molar-refractivity contribution in [3.05, 3.63) is 82.7 Å². The van der Waals surface area contributed by atoms with Gasteiger partial charge < -0.3 is 0 Å². The minimum atomic E-state index is -0.281. The van der Waals surface area contributed by atoms with Gasteiger partial charge in [-0.2, -0.15) is 0 Å². The van der Waals surface area contributed by atoms with Crippen LogP contribution in [0.4, 0.5) is 4.39 Å². The monoisotopic (exact) mass is 298 g/mol. The maximum Gasteiger partial charge on any atom is 0.123 e. The van der Waals surface area contributed by atoms with Crippen LogP contribution < -0.4 is 0 Å². The third-order valence-corrected chi connectivity index (χ3v) is 4.40. The van der Waals surface area contributed by atoms with Crippen molar-refractivity contribution >= 4 is 22.4 Å². The Labute approximate surface area is 129 Å². The highest BCUT2D eigenvalue weighted by atomic mass is 35.5.